The predicted molar refractivity (Wildman–Crippen MR) is 99.1 cm³/mol. The number of carbonyl (C=O) groups is 1. The Bertz CT molecular complexity index is 704. The van der Waals surface area contributed by atoms with Crippen LogP contribution >= 0.6 is 0 Å². The average Bonchev–Trinajstić information content (AvgIpc) is 2.82. The van der Waals surface area contributed by atoms with E-state index in [1.165, 1.54) is 5.69 Å². The van der Waals surface area contributed by atoms with Crippen LogP contribution in [0.15, 0.2) is 36.4 Å². The molecule has 1 aromatic carbocycles. The standard InChI is InChI=1S/C19H26N4O/c1-15-18(16(2)23(4)21-15)11-12-19(24)20-13-8-14-22(3)17-9-6-5-7-10-17/h5-7,9-12H,8,13-14H2,1-4H3,(H,20,24)/b12-11+. The third-order valence-electron chi connectivity index (χ3n) is 4.13. The molecular formula is C19H26N4O. The number of nitrogens with zero attached hydrogens (tertiary/aromatic N) is 3. The fraction of sp³-hybridized carbons (Fsp3) is 0.368. The Morgan fingerprint density at radius 2 is 2.00 bits per heavy atom. The molecule has 5 nitrogen and oxygen atoms in total. The van der Waals surface area contributed by atoms with Gasteiger partial charge in [-0.2, -0.15) is 5.10 Å². The normalized spacial score (nSPS) is 11.0. The Morgan fingerprint density at radius 1 is 1.29 bits per heavy atom. The molecule has 0 fully saturated rings. The molecule has 2 rings (SSSR count). The van der Waals surface area contributed by atoms with Gasteiger partial charge in [-0.15, -0.1) is 0 Å². The second-order valence-corrected chi connectivity index (χ2v) is 5.94. The van der Waals surface area contributed by atoms with Crippen LogP contribution in [0.2, 0.25) is 0 Å². The highest BCUT2D eigenvalue weighted by molar-refractivity contribution is 5.91. The average molecular weight is 326 g/mol. The molecule has 2 aromatic rings. The first-order valence-corrected chi connectivity index (χ1v) is 8.21. The van der Waals surface area contributed by atoms with Crippen LogP contribution in [0, 0.1) is 13.8 Å². The van der Waals surface area contributed by atoms with Crippen molar-refractivity contribution in [1.82, 2.24) is 15.1 Å². The van der Waals surface area contributed by atoms with Crippen LogP contribution in [0.25, 0.3) is 6.08 Å². The summed E-state index contributed by atoms with van der Waals surface area (Å²) in [6.07, 6.45) is 4.32. The number of aryl methyl sites for hydroxylation is 2. The Morgan fingerprint density at radius 3 is 2.62 bits per heavy atom. The van der Waals surface area contributed by atoms with Gasteiger partial charge in [0.1, 0.15) is 0 Å². The molecule has 1 heterocycles. The lowest BCUT2D eigenvalue weighted by Gasteiger charge is -2.19. The van der Waals surface area contributed by atoms with Gasteiger partial charge >= 0.3 is 0 Å². The largest absolute Gasteiger partial charge is 0.375 e. The van der Waals surface area contributed by atoms with Gasteiger partial charge in [-0.05, 0) is 38.5 Å². The summed E-state index contributed by atoms with van der Waals surface area (Å²) in [6, 6.07) is 10.2. The van der Waals surface area contributed by atoms with Gasteiger partial charge < -0.3 is 10.2 Å². The van der Waals surface area contributed by atoms with E-state index in [4.69, 9.17) is 0 Å². The molecule has 0 atom stereocenters. The molecule has 5 heteroatoms. The molecule has 0 bridgehead atoms. The molecular weight excluding hydrogens is 300 g/mol. The molecule has 1 N–H and O–H groups in total. The van der Waals surface area contributed by atoms with Gasteiger partial charge in [0.2, 0.25) is 5.91 Å². The van der Waals surface area contributed by atoms with E-state index >= 15 is 0 Å². The van der Waals surface area contributed by atoms with Crippen molar-refractivity contribution < 1.29 is 4.79 Å². The number of para-hydroxylation sites is 1. The van der Waals surface area contributed by atoms with Crippen molar-refractivity contribution in [3.63, 3.8) is 0 Å². The zero-order chi connectivity index (χ0) is 17.5. The van der Waals surface area contributed by atoms with Crippen LogP contribution in [-0.2, 0) is 11.8 Å². The summed E-state index contributed by atoms with van der Waals surface area (Å²) in [7, 11) is 3.97. The number of rotatable bonds is 7. The fourth-order valence-corrected chi connectivity index (χ4v) is 2.59. The van der Waals surface area contributed by atoms with Gasteiger partial charge in [0.05, 0.1) is 5.69 Å². The van der Waals surface area contributed by atoms with Crippen LogP contribution < -0.4 is 10.2 Å². The summed E-state index contributed by atoms with van der Waals surface area (Å²) in [5.74, 6) is -0.0694. The van der Waals surface area contributed by atoms with Gasteiger partial charge in [0.25, 0.3) is 0 Å². The number of aromatic nitrogens is 2. The van der Waals surface area contributed by atoms with E-state index in [1.54, 1.807) is 6.08 Å². The number of amides is 1. The Kier molecular flexibility index (Phi) is 6.18. The molecule has 0 unspecified atom stereocenters. The molecule has 0 aliphatic carbocycles. The molecule has 0 spiro atoms. The van der Waals surface area contributed by atoms with E-state index in [0.717, 1.165) is 29.9 Å². The van der Waals surface area contributed by atoms with Gasteiger partial charge in [0, 0.05) is 50.2 Å². The fourth-order valence-electron chi connectivity index (χ4n) is 2.59. The zero-order valence-electron chi connectivity index (χ0n) is 14.9. The summed E-state index contributed by atoms with van der Waals surface area (Å²) < 4.78 is 1.83. The SMILES string of the molecule is Cc1nn(C)c(C)c1/C=C/C(=O)NCCCN(C)c1ccccc1. The number of carbonyl (C=O) groups excluding carboxylic acids is 1. The van der Waals surface area contributed by atoms with Crippen molar-refractivity contribution in [2.45, 2.75) is 20.3 Å². The number of anilines is 1. The second kappa shape index (κ2) is 8.34. The van der Waals surface area contributed by atoms with E-state index in [9.17, 15) is 4.79 Å². The van der Waals surface area contributed by atoms with Crippen LogP contribution in [-0.4, -0.2) is 35.8 Å². The molecule has 0 saturated heterocycles. The highest BCUT2D eigenvalue weighted by atomic mass is 16.1. The summed E-state index contributed by atoms with van der Waals surface area (Å²) in [4.78, 5) is 14.1. The first kappa shape index (κ1) is 17.8. The Labute approximate surface area is 144 Å². The maximum absolute atomic E-state index is 11.9. The van der Waals surface area contributed by atoms with Crippen molar-refractivity contribution >= 4 is 17.7 Å². The summed E-state index contributed by atoms with van der Waals surface area (Å²) >= 11 is 0. The number of nitrogens with one attached hydrogen (secondary N) is 1. The monoisotopic (exact) mass is 326 g/mol. The van der Waals surface area contributed by atoms with E-state index in [1.807, 2.05) is 49.9 Å². The minimum atomic E-state index is -0.0694. The minimum Gasteiger partial charge on any atom is -0.375 e. The lowest BCUT2D eigenvalue weighted by molar-refractivity contribution is -0.116. The molecule has 0 aliphatic rings. The van der Waals surface area contributed by atoms with Crippen molar-refractivity contribution in [3.8, 4) is 0 Å². The quantitative estimate of drug-likeness (QED) is 0.629. The number of hydrogen-bond donors (Lipinski definition) is 1. The first-order chi connectivity index (χ1) is 11.5. The lowest BCUT2D eigenvalue weighted by atomic mass is 10.2. The van der Waals surface area contributed by atoms with Gasteiger partial charge in [0.15, 0.2) is 0 Å². The molecule has 24 heavy (non-hydrogen) atoms. The highest BCUT2D eigenvalue weighted by Crippen LogP contribution is 2.13. The summed E-state index contributed by atoms with van der Waals surface area (Å²) in [6.45, 7) is 5.50. The predicted octanol–water partition coefficient (Wildman–Crippen LogP) is 2.69. The third kappa shape index (κ3) is 4.72. The second-order valence-electron chi connectivity index (χ2n) is 5.94. The molecule has 0 saturated carbocycles. The van der Waals surface area contributed by atoms with Crippen molar-refractivity contribution in [2.75, 3.05) is 25.0 Å². The smallest absolute Gasteiger partial charge is 0.244 e. The number of benzene rings is 1. The molecule has 128 valence electrons. The minimum absolute atomic E-state index is 0.0694. The van der Waals surface area contributed by atoms with Gasteiger partial charge in [-0.1, -0.05) is 18.2 Å². The van der Waals surface area contributed by atoms with Gasteiger partial charge in [-0.3, -0.25) is 9.48 Å². The molecule has 0 aliphatic heterocycles. The first-order valence-electron chi connectivity index (χ1n) is 8.21. The van der Waals surface area contributed by atoms with Crippen molar-refractivity contribution in [3.05, 3.63) is 53.4 Å². The molecule has 0 radical (unpaired) electrons. The van der Waals surface area contributed by atoms with Crippen molar-refractivity contribution in [2.24, 2.45) is 7.05 Å². The van der Waals surface area contributed by atoms with E-state index in [-0.39, 0.29) is 5.91 Å². The van der Waals surface area contributed by atoms with E-state index in [0.29, 0.717) is 6.54 Å². The molecule has 1 aromatic heterocycles. The highest BCUT2D eigenvalue weighted by Gasteiger charge is 2.06. The van der Waals surface area contributed by atoms with Crippen LogP contribution in [0.4, 0.5) is 5.69 Å². The van der Waals surface area contributed by atoms with Crippen LogP contribution in [0.1, 0.15) is 23.4 Å². The third-order valence-corrected chi connectivity index (χ3v) is 4.13. The zero-order valence-corrected chi connectivity index (χ0v) is 14.9. The lowest BCUT2D eigenvalue weighted by Crippen LogP contribution is -2.26. The maximum atomic E-state index is 11.9. The van der Waals surface area contributed by atoms with Crippen molar-refractivity contribution in [1.29, 1.82) is 0 Å². The van der Waals surface area contributed by atoms with Crippen LogP contribution in [0.5, 0.6) is 0 Å². The summed E-state index contributed by atoms with van der Waals surface area (Å²) in [5, 5.41) is 7.27. The van der Waals surface area contributed by atoms with Gasteiger partial charge in [-0.25, -0.2) is 0 Å². The summed E-state index contributed by atoms with van der Waals surface area (Å²) in [5.41, 5.74) is 4.19. The molecule has 1 amide bonds. The topological polar surface area (TPSA) is 50.2 Å². The number of hydrogen-bond acceptors (Lipinski definition) is 3. The van der Waals surface area contributed by atoms with Crippen LogP contribution in [0.3, 0.4) is 0 Å². The van der Waals surface area contributed by atoms with E-state index in [2.05, 4.69) is 34.5 Å². The maximum Gasteiger partial charge on any atom is 0.244 e. The Balaban J connectivity index is 1.74. The Hall–Kier alpha value is -2.56. The van der Waals surface area contributed by atoms with E-state index < -0.39 is 0 Å².